The molecule has 0 fully saturated rings. The Kier molecular flexibility index (Phi) is 4.48. The lowest BCUT2D eigenvalue weighted by atomic mass is 9.85. The zero-order valence-corrected chi connectivity index (χ0v) is 15.5. The maximum absolute atomic E-state index is 13.5. The average Bonchev–Trinajstić information content (AvgIpc) is 2.61. The summed E-state index contributed by atoms with van der Waals surface area (Å²) in [6, 6.07) is 9.77. The van der Waals surface area contributed by atoms with Crippen molar-refractivity contribution in [2.75, 3.05) is 12.0 Å². The first-order valence-electron chi connectivity index (χ1n) is 8.80. The first-order valence-corrected chi connectivity index (χ1v) is 9.17. The van der Waals surface area contributed by atoms with Gasteiger partial charge in [-0.25, -0.2) is 9.18 Å². The number of fused-ring (bicyclic) bond motifs is 2. The summed E-state index contributed by atoms with van der Waals surface area (Å²) < 4.78 is 19.3. The molecule has 27 heavy (non-hydrogen) atoms. The third-order valence-corrected chi connectivity index (χ3v) is 5.34. The molecule has 0 saturated heterocycles. The van der Waals surface area contributed by atoms with Crippen LogP contribution in [-0.4, -0.2) is 23.4 Å². The van der Waals surface area contributed by atoms with Crippen LogP contribution in [0, 0.1) is 0 Å². The van der Waals surface area contributed by atoms with Gasteiger partial charge in [0.25, 0.3) is 0 Å². The second-order valence-corrected chi connectivity index (χ2v) is 7.79. The molecule has 0 bridgehead atoms. The molecular weight excluding hydrogens is 371 g/mol. The maximum Gasteiger partial charge on any atom is 0.319 e. The van der Waals surface area contributed by atoms with Gasteiger partial charge in [0.1, 0.15) is 18.0 Å². The van der Waals surface area contributed by atoms with Gasteiger partial charge in [0.15, 0.2) is 0 Å². The molecule has 2 aliphatic rings. The molecule has 0 spiro atoms. The lowest BCUT2D eigenvalue weighted by Gasteiger charge is -2.38. The molecule has 1 unspecified atom stereocenters. The second kappa shape index (κ2) is 6.69. The first kappa shape index (κ1) is 18.1. The second-order valence-electron chi connectivity index (χ2n) is 7.36. The summed E-state index contributed by atoms with van der Waals surface area (Å²) in [5.41, 5.74) is 2.25. The van der Waals surface area contributed by atoms with Gasteiger partial charge in [0.05, 0.1) is 12.1 Å². The standard InChI is InChI=1S/C20H20ClFN2O3/c1-20(10-22)9-16(14-5-3-12(21)7-18(14)27-20)24-19(26)23-13-4-2-11-6-17(25)15(11)8-13/h2-5,7-8,16-17,25H,6,9-10H2,1H3,(H2,23,24,26)/t16-,17?,20-/m1/s1. The van der Waals surface area contributed by atoms with Crippen molar-refractivity contribution in [3.8, 4) is 5.75 Å². The molecule has 1 aliphatic carbocycles. The minimum Gasteiger partial charge on any atom is -0.484 e. The van der Waals surface area contributed by atoms with Crippen LogP contribution in [0.3, 0.4) is 0 Å². The highest BCUT2D eigenvalue weighted by molar-refractivity contribution is 6.30. The molecule has 5 nitrogen and oxygen atoms in total. The number of ether oxygens (including phenoxy) is 1. The molecule has 142 valence electrons. The Morgan fingerprint density at radius 1 is 1.33 bits per heavy atom. The molecule has 1 aliphatic heterocycles. The van der Waals surface area contributed by atoms with E-state index in [1.807, 2.05) is 6.07 Å². The highest BCUT2D eigenvalue weighted by Crippen LogP contribution is 2.41. The Morgan fingerprint density at radius 3 is 2.89 bits per heavy atom. The van der Waals surface area contributed by atoms with Crippen LogP contribution in [0.15, 0.2) is 36.4 Å². The number of hydrogen-bond acceptors (Lipinski definition) is 3. The number of rotatable bonds is 3. The highest BCUT2D eigenvalue weighted by Gasteiger charge is 2.38. The summed E-state index contributed by atoms with van der Waals surface area (Å²) in [5, 5.41) is 15.9. The van der Waals surface area contributed by atoms with Gasteiger partial charge in [0, 0.05) is 29.1 Å². The number of benzene rings is 2. The van der Waals surface area contributed by atoms with E-state index in [0.717, 1.165) is 16.7 Å². The minimum absolute atomic E-state index is 0.300. The third-order valence-electron chi connectivity index (χ3n) is 5.11. The molecule has 2 aromatic carbocycles. The van der Waals surface area contributed by atoms with E-state index in [1.165, 1.54) is 0 Å². The molecule has 4 rings (SSSR count). The first-order chi connectivity index (χ1) is 12.9. The van der Waals surface area contributed by atoms with Crippen LogP contribution < -0.4 is 15.4 Å². The van der Waals surface area contributed by atoms with Crippen molar-refractivity contribution in [2.45, 2.75) is 37.5 Å². The number of urea groups is 1. The number of aliphatic hydroxyl groups excluding tert-OH is 1. The molecule has 0 radical (unpaired) electrons. The van der Waals surface area contributed by atoms with Crippen molar-refractivity contribution in [3.63, 3.8) is 0 Å². The van der Waals surface area contributed by atoms with E-state index in [1.54, 1.807) is 37.3 Å². The van der Waals surface area contributed by atoms with E-state index in [-0.39, 0.29) is 0 Å². The summed E-state index contributed by atoms with van der Waals surface area (Å²) in [7, 11) is 0. The highest BCUT2D eigenvalue weighted by atomic mass is 35.5. The van der Waals surface area contributed by atoms with Crippen molar-refractivity contribution in [3.05, 3.63) is 58.1 Å². The summed E-state index contributed by atoms with van der Waals surface area (Å²) in [6.45, 7) is 0.989. The van der Waals surface area contributed by atoms with E-state index in [9.17, 15) is 14.3 Å². The molecule has 3 N–H and O–H groups in total. The number of nitrogens with one attached hydrogen (secondary N) is 2. The van der Waals surface area contributed by atoms with E-state index < -0.39 is 30.5 Å². The van der Waals surface area contributed by atoms with E-state index in [2.05, 4.69) is 10.6 Å². The number of aliphatic hydroxyl groups is 1. The van der Waals surface area contributed by atoms with Gasteiger partial charge in [-0.2, -0.15) is 0 Å². The van der Waals surface area contributed by atoms with Crippen LogP contribution in [-0.2, 0) is 6.42 Å². The van der Waals surface area contributed by atoms with Crippen molar-refractivity contribution >= 4 is 23.3 Å². The quantitative estimate of drug-likeness (QED) is 0.731. The van der Waals surface area contributed by atoms with E-state index in [4.69, 9.17) is 16.3 Å². The minimum atomic E-state index is -1.03. The molecule has 1 heterocycles. The fourth-order valence-corrected chi connectivity index (χ4v) is 3.79. The van der Waals surface area contributed by atoms with Crippen LogP contribution in [0.5, 0.6) is 5.75 Å². The summed E-state index contributed by atoms with van der Waals surface area (Å²) in [4.78, 5) is 12.5. The normalized spacial score (nSPS) is 25.5. The van der Waals surface area contributed by atoms with Crippen LogP contribution in [0.2, 0.25) is 5.02 Å². The maximum atomic E-state index is 13.5. The zero-order chi connectivity index (χ0) is 19.2. The van der Waals surface area contributed by atoms with Crippen molar-refractivity contribution in [1.29, 1.82) is 0 Å². The zero-order valence-electron chi connectivity index (χ0n) is 14.8. The van der Waals surface area contributed by atoms with Crippen molar-refractivity contribution < 1.29 is 19.0 Å². The molecule has 7 heteroatoms. The number of alkyl halides is 1. The fourth-order valence-electron chi connectivity index (χ4n) is 3.63. The molecule has 2 amide bonds. The fraction of sp³-hybridized carbons (Fsp3) is 0.350. The summed E-state index contributed by atoms with van der Waals surface area (Å²) >= 11 is 6.02. The van der Waals surface area contributed by atoms with Crippen LogP contribution in [0.25, 0.3) is 0 Å². The average molecular weight is 391 g/mol. The van der Waals surface area contributed by atoms with E-state index >= 15 is 0 Å². The molecular formula is C20H20ClFN2O3. The van der Waals surface area contributed by atoms with Crippen molar-refractivity contribution in [2.24, 2.45) is 0 Å². The topological polar surface area (TPSA) is 70.6 Å². The number of hydrogen-bond donors (Lipinski definition) is 3. The number of anilines is 1. The molecule has 0 aromatic heterocycles. The van der Waals surface area contributed by atoms with Crippen LogP contribution >= 0.6 is 11.6 Å². The SMILES string of the molecule is C[C@]1(CF)C[C@@H](NC(=O)Nc2ccc3c(c2)C(O)C3)c2ccc(Cl)cc2O1. The molecule has 2 aromatic rings. The Balaban J connectivity index is 1.52. The Labute approximate surface area is 161 Å². The predicted molar refractivity (Wildman–Crippen MR) is 101 cm³/mol. The smallest absolute Gasteiger partial charge is 0.319 e. The number of carbonyl (C=O) groups excluding carboxylic acids is 1. The van der Waals surface area contributed by atoms with E-state index in [0.29, 0.717) is 29.3 Å². The van der Waals surface area contributed by atoms with Crippen LogP contribution in [0.4, 0.5) is 14.9 Å². The number of halogens is 2. The van der Waals surface area contributed by atoms with Gasteiger partial charge in [-0.3, -0.25) is 0 Å². The third kappa shape index (κ3) is 3.47. The van der Waals surface area contributed by atoms with Crippen LogP contribution in [0.1, 0.15) is 42.2 Å². The molecule has 0 saturated carbocycles. The summed E-state index contributed by atoms with van der Waals surface area (Å²) in [6.07, 6.45) is 0.474. The Hall–Kier alpha value is -2.31. The summed E-state index contributed by atoms with van der Waals surface area (Å²) in [5.74, 6) is 0.475. The van der Waals surface area contributed by atoms with Gasteiger partial charge >= 0.3 is 6.03 Å². The van der Waals surface area contributed by atoms with Crippen molar-refractivity contribution in [1.82, 2.24) is 5.32 Å². The van der Waals surface area contributed by atoms with Gasteiger partial charge in [-0.05, 0) is 42.3 Å². The molecule has 3 atom stereocenters. The largest absolute Gasteiger partial charge is 0.484 e. The van der Waals surface area contributed by atoms with Gasteiger partial charge in [0.2, 0.25) is 0 Å². The number of amides is 2. The number of carbonyl (C=O) groups is 1. The van der Waals surface area contributed by atoms with Gasteiger partial charge in [-0.15, -0.1) is 0 Å². The van der Waals surface area contributed by atoms with Gasteiger partial charge in [-0.1, -0.05) is 23.7 Å². The lowest BCUT2D eigenvalue weighted by Crippen LogP contribution is -2.45. The lowest BCUT2D eigenvalue weighted by molar-refractivity contribution is 0.0263. The van der Waals surface area contributed by atoms with Gasteiger partial charge < -0.3 is 20.5 Å². The predicted octanol–water partition coefficient (Wildman–Crippen LogP) is 4.30. The Bertz CT molecular complexity index is 907. The Morgan fingerprint density at radius 2 is 2.15 bits per heavy atom. The monoisotopic (exact) mass is 390 g/mol.